The largest absolute Gasteiger partial charge is 0.248 e. The van der Waals surface area contributed by atoms with Crippen molar-refractivity contribution in [1.29, 1.82) is 0 Å². The average molecular weight is 398 g/mol. The van der Waals surface area contributed by atoms with Crippen LogP contribution in [0.2, 0.25) is 0 Å². The molecule has 0 unspecified atom stereocenters. The smallest absolute Gasteiger partial charge is 0.0715 e. The Morgan fingerprint density at radius 3 is 2.16 bits per heavy atom. The standard InChI is InChI=1S/C30H23N/c1-30(2)26-13-7-6-11-23(26)24-16-15-21(19-27(24)30)28-18-17-25-22(12-8-14-29(25)31-28)20-9-4-3-5-10-20/h3-19H,1-2H3. The van der Waals surface area contributed by atoms with E-state index in [1.165, 1.54) is 44.3 Å². The lowest BCUT2D eigenvalue weighted by atomic mass is 9.82. The summed E-state index contributed by atoms with van der Waals surface area (Å²) in [6.07, 6.45) is 0. The summed E-state index contributed by atoms with van der Waals surface area (Å²) in [7, 11) is 0. The number of rotatable bonds is 2. The van der Waals surface area contributed by atoms with Gasteiger partial charge in [-0.25, -0.2) is 4.98 Å². The van der Waals surface area contributed by atoms with Gasteiger partial charge in [0.1, 0.15) is 0 Å². The minimum absolute atomic E-state index is 0.000730. The van der Waals surface area contributed by atoms with Gasteiger partial charge in [0.25, 0.3) is 0 Å². The molecule has 1 aliphatic rings. The Bertz CT molecular complexity index is 1440. The van der Waals surface area contributed by atoms with E-state index in [1.807, 2.05) is 0 Å². The molecular formula is C30H23N. The molecule has 0 radical (unpaired) electrons. The molecule has 1 heterocycles. The fourth-order valence-corrected chi connectivity index (χ4v) is 5.05. The van der Waals surface area contributed by atoms with Gasteiger partial charge in [0.2, 0.25) is 0 Å². The van der Waals surface area contributed by atoms with Crippen molar-refractivity contribution >= 4 is 10.9 Å². The van der Waals surface area contributed by atoms with Crippen molar-refractivity contribution in [2.24, 2.45) is 0 Å². The summed E-state index contributed by atoms with van der Waals surface area (Å²) in [5.41, 5.74) is 11.2. The van der Waals surface area contributed by atoms with Gasteiger partial charge >= 0.3 is 0 Å². The third kappa shape index (κ3) is 2.74. The molecule has 0 bridgehead atoms. The maximum Gasteiger partial charge on any atom is 0.0715 e. The molecule has 6 rings (SSSR count). The molecule has 1 nitrogen and oxygen atoms in total. The molecule has 0 aliphatic heterocycles. The van der Waals surface area contributed by atoms with Crippen LogP contribution < -0.4 is 0 Å². The van der Waals surface area contributed by atoms with Crippen molar-refractivity contribution in [1.82, 2.24) is 4.98 Å². The Morgan fingerprint density at radius 2 is 1.29 bits per heavy atom. The minimum atomic E-state index is -0.000730. The fraction of sp³-hybridized carbons (Fsp3) is 0.100. The number of hydrogen-bond acceptors (Lipinski definition) is 1. The van der Waals surface area contributed by atoms with Crippen LogP contribution in [0, 0.1) is 0 Å². The van der Waals surface area contributed by atoms with Crippen LogP contribution in [0.3, 0.4) is 0 Å². The Kier molecular flexibility index (Phi) is 3.88. The van der Waals surface area contributed by atoms with E-state index in [2.05, 4.69) is 117 Å². The van der Waals surface area contributed by atoms with Gasteiger partial charge in [0.15, 0.2) is 0 Å². The van der Waals surface area contributed by atoms with E-state index >= 15 is 0 Å². The molecule has 0 atom stereocenters. The van der Waals surface area contributed by atoms with Crippen LogP contribution in [0.1, 0.15) is 25.0 Å². The van der Waals surface area contributed by atoms with E-state index in [9.17, 15) is 0 Å². The third-order valence-electron chi connectivity index (χ3n) is 6.70. The quantitative estimate of drug-likeness (QED) is 0.295. The number of nitrogens with zero attached hydrogens (tertiary/aromatic N) is 1. The zero-order chi connectivity index (χ0) is 21.0. The topological polar surface area (TPSA) is 12.9 Å². The SMILES string of the molecule is CC1(C)c2ccccc2-c2ccc(-c3ccc4c(-c5ccccc5)cccc4n3)cc21. The van der Waals surface area contributed by atoms with Crippen molar-refractivity contribution in [3.8, 4) is 33.5 Å². The molecule has 148 valence electrons. The van der Waals surface area contributed by atoms with Crippen molar-refractivity contribution in [2.75, 3.05) is 0 Å². The highest BCUT2D eigenvalue weighted by Crippen LogP contribution is 2.49. The normalized spacial score (nSPS) is 13.7. The van der Waals surface area contributed by atoms with Crippen molar-refractivity contribution < 1.29 is 0 Å². The lowest BCUT2D eigenvalue weighted by molar-refractivity contribution is 0.660. The number of hydrogen-bond donors (Lipinski definition) is 0. The van der Waals surface area contributed by atoms with Gasteiger partial charge in [-0.3, -0.25) is 0 Å². The van der Waals surface area contributed by atoms with E-state index < -0.39 is 0 Å². The lowest BCUT2D eigenvalue weighted by Gasteiger charge is -2.21. The highest BCUT2D eigenvalue weighted by atomic mass is 14.7. The molecule has 31 heavy (non-hydrogen) atoms. The van der Waals surface area contributed by atoms with Crippen LogP contribution in [0.15, 0.2) is 103 Å². The fourth-order valence-electron chi connectivity index (χ4n) is 5.05. The highest BCUT2D eigenvalue weighted by molar-refractivity contribution is 5.95. The van der Waals surface area contributed by atoms with Gasteiger partial charge in [-0.2, -0.15) is 0 Å². The summed E-state index contributed by atoms with van der Waals surface area (Å²) in [4.78, 5) is 5.05. The first-order valence-electron chi connectivity index (χ1n) is 10.8. The summed E-state index contributed by atoms with van der Waals surface area (Å²) in [5, 5.41) is 1.19. The van der Waals surface area contributed by atoms with Gasteiger partial charge in [0.05, 0.1) is 11.2 Å². The predicted octanol–water partition coefficient (Wildman–Crippen LogP) is 7.88. The average Bonchev–Trinajstić information content (AvgIpc) is 3.05. The Labute approximate surface area is 183 Å². The van der Waals surface area contributed by atoms with Crippen molar-refractivity contribution in [3.63, 3.8) is 0 Å². The molecule has 0 amide bonds. The molecule has 0 saturated carbocycles. The second-order valence-electron chi connectivity index (χ2n) is 8.87. The maximum absolute atomic E-state index is 5.05. The minimum Gasteiger partial charge on any atom is -0.248 e. The predicted molar refractivity (Wildman–Crippen MR) is 130 cm³/mol. The highest BCUT2D eigenvalue weighted by Gasteiger charge is 2.35. The van der Waals surface area contributed by atoms with Gasteiger partial charge in [-0.05, 0) is 51.6 Å². The van der Waals surface area contributed by atoms with Gasteiger partial charge in [-0.15, -0.1) is 0 Å². The monoisotopic (exact) mass is 397 g/mol. The molecular weight excluding hydrogens is 374 g/mol. The van der Waals surface area contributed by atoms with Gasteiger partial charge in [0, 0.05) is 16.4 Å². The maximum atomic E-state index is 5.05. The van der Waals surface area contributed by atoms with E-state index in [0.29, 0.717) is 0 Å². The third-order valence-corrected chi connectivity index (χ3v) is 6.70. The van der Waals surface area contributed by atoms with Crippen molar-refractivity contribution in [3.05, 3.63) is 114 Å². The second kappa shape index (κ2) is 6.65. The first kappa shape index (κ1) is 18.1. The summed E-state index contributed by atoms with van der Waals surface area (Å²) in [6.45, 7) is 4.64. The molecule has 1 aliphatic carbocycles. The van der Waals surface area contributed by atoms with Crippen LogP contribution in [0.4, 0.5) is 0 Å². The zero-order valence-electron chi connectivity index (χ0n) is 17.8. The van der Waals surface area contributed by atoms with Crippen LogP contribution in [-0.4, -0.2) is 4.98 Å². The summed E-state index contributed by atoms with van der Waals surface area (Å²) in [6, 6.07) is 36.9. The van der Waals surface area contributed by atoms with Crippen molar-refractivity contribution in [2.45, 2.75) is 19.3 Å². The number of benzene rings is 4. The van der Waals surface area contributed by atoms with E-state index in [-0.39, 0.29) is 5.41 Å². The Balaban J connectivity index is 1.48. The first-order chi connectivity index (χ1) is 15.1. The van der Waals surface area contributed by atoms with E-state index in [4.69, 9.17) is 4.98 Å². The lowest BCUT2D eigenvalue weighted by Crippen LogP contribution is -2.14. The number of aromatic nitrogens is 1. The summed E-state index contributed by atoms with van der Waals surface area (Å²) >= 11 is 0. The molecule has 0 fully saturated rings. The molecule has 1 heteroatoms. The van der Waals surface area contributed by atoms with Gasteiger partial charge in [-0.1, -0.05) is 98.8 Å². The first-order valence-corrected chi connectivity index (χ1v) is 10.8. The van der Waals surface area contributed by atoms with E-state index in [0.717, 1.165) is 11.2 Å². The van der Waals surface area contributed by atoms with Crippen LogP contribution in [0.5, 0.6) is 0 Å². The summed E-state index contributed by atoms with van der Waals surface area (Å²) < 4.78 is 0. The number of fused-ring (bicyclic) bond motifs is 4. The molecule has 0 N–H and O–H groups in total. The Morgan fingerprint density at radius 1 is 0.548 bits per heavy atom. The van der Waals surface area contributed by atoms with E-state index in [1.54, 1.807) is 0 Å². The Hall–Kier alpha value is -3.71. The molecule has 4 aromatic carbocycles. The molecule has 0 spiro atoms. The molecule has 5 aromatic rings. The molecule has 1 aromatic heterocycles. The van der Waals surface area contributed by atoms with Crippen LogP contribution >= 0.6 is 0 Å². The summed E-state index contributed by atoms with van der Waals surface area (Å²) in [5.74, 6) is 0. The van der Waals surface area contributed by atoms with Crippen LogP contribution in [0.25, 0.3) is 44.4 Å². The number of pyridine rings is 1. The zero-order valence-corrected chi connectivity index (χ0v) is 17.8. The second-order valence-corrected chi connectivity index (χ2v) is 8.87. The van der Waals surface area contributed by atoms with Crippen LogP contribution in [-0.2, 0) is 5.41 Å². The van der Waals surface area contributed by atoms with Gasteiger partial charge < -0.3 is 0 Å². The molecule has 0 saturated heterocycles.